The standard InChI is InChI=1S/C12H23N3O/c13-7-9-3-1-5-11(9)12(16)15-10-4-2-6-14-8-10/h9-11,14H,1-8,13H2,(H,15,16)/t9-,10-,11-/m1/s1. The summed E-state index contributed by atoms with van der Waals surface area (Å²) in [5.74, 6) is 0.824. The van der Waals surface area contributed by atoms with E-state index in [1.807, 2.05) is 0 Å². The maximum Gasteiger partial charge on any atom is 0.223 e. The van der Waals surface area contributed by atoms with Crippen molar-refractivity contribution in [2.75, 3.05) is 19.6 Å². The van der Waals surface area contributed by atoms with Crippen LogP contribution in [0.2, 0.25) is 0 Å². The predicted molar refractivity (Wildman–Crippen MR) is 63.9 cm³/mol. The predicted octanol–water partition coefficient (Wildman–Crippen LogP) is 0.230. The molecule has 3 atom stereocenters. The van der Waals surface area contributed by atoms with Crippen LogP contribution in [-0.4, -0.2) is 31.6 Å². The highest BCUT2D eigenvalue weighted by atomic mass is 16.2. The van der Waals surface area contributed by atoms with Gasteiger partial charge in [-0.05, 0) is 44.7 Å². The van der Waals surface area contributed by atoms with Crippen LogP contribution < -0.4 is 16.4 Å². The van der Waals surface area contributed by atoms with Crippen molar-refractivity contribution in [3.8, 4) is 0 Å². The van der Waals surface area contributed by atoms with Crippen LogP contribution in [-0.2, 0) is 4.79 Å². The van der Waals surface area contributed by atoms with E-state index < -0.39 is 0 Å². The molecule has 0 bridgehead atoms. The second-order valence-corrected chi connectivity index (χ2v) is 5.09. The van der Waals surface area contributed by atoms with E-state index in [1.54, 1.807) is 0 Å². The quantitative estimate of drug-likeness (QED) is 0.644. The third-order valence-electron chi connectivity index (χ3n) is 3.94. The average molecular weight is 225 g/mol. The van der Waals surface area contributed by atoms with Crippen molar-refractivity contribution in [3.63, 3.8) is 0 Å². The van der Waals surface area contributed by atoms with E-state index in [4.69, 9.17) is 5.73 Å². The second-order valence-electron chi connectivity index (χ2n) is 5.09. The molecule has 4 nitrogen and oxygen atoms in total. The Morgan fingerprint density at radius 1 is 1.31 bits per heavy atom. The van der Waals surface area contributed by atoms with Gasteiger partial charge in [-0.2, -0.15) is 0 Å². The van der Waals surface area contributed by atoms with E-state index in [1.165, 1.54) is 0 Å². The van der Waals surface area contributed by atoms with E-state index in [0.29, 0.717) is 18.5 Å². The first-order valence-corrected chi connectivity index (χ1v) is 6.52. The molecule has 1 amide bonds. The summed E-state index contributed by atoms with van der Waals surface area (Å²) in [7, 11) is 0. The van der Waals surface area contributed by atoms with Crippen LogP contribution in [0.25, 0.3) is 0 Å². The Balaban J connectivity index is 1.82. The third-order valence-corrected chi connectivity index (χ3v) is 3.94. The van der Waals surface area contributed by atoms with Crippen LogP contribution in [0.3, 0.4) is 0 Å². The van der Waals surface area contributed by atoms with Crippen LogP contribution in [0.1, 0.15) is 32.1 Å². The number of piperidine rings is 1. The monoisotopic (exact) mass is 225 g/mol. The molecule has 16 heavy (non-hydrogen) atoms. The molecular weight excluding hydrogens is 202 g/mol. The molecule has 0 aromatic rings. The molecule has 2 rings (SSSR count). The fraction of sp³-hybridized carbons (Fsp3) is 0.917. The topological polar surface area (TPSA) is 67.2 Å². The smallest absolute Gasteiger partial charge is 0.223 e. The molecule has 2 aliphatic rings. The van der Waals surface area contributed by atoms with Gasteiger partial charge in [-0.15, -0.1) is 0 Å². The fourth-order valence-corrected chi connectivity index (χ4v) is 2.95. The number of hydrogen-bond donors (Lipinski definition) is 3. The molecule has 4 heteroatoms. The normalized spacial score (nSPS) is 34.9. The van der Waals surface area contributed by atoms with Gasteiger partial charge in [-0.3, -0.25) is 4.79 Å². The van der Waals surface area contributed by atoms with Crippen molar-refractivity contribution < 1.29 is 4.79 Å². The Morgan fingerprint density at radius 3 is 2.88 bits per heavy atom. The molecule has 4 N–H and O–H groups in total. The van der Waals surface area contributed by atoms with Gasteiger partial charge in [0, 0.05) is 18.5 Å². The van der Waals surface area contributed by atoms with Gasteiger partial charge in [0.25, 0.3) is 0 Å². The SMILES string of the molecule is NC[C@H]1CCC[C@H]1C(=O)N[C@@H]1CCCNC1. The van der Waals surface area contributed by atoms with Gasteiger partial charge in [0.1, 0.15) is 0 Å². The highest BCUT2D eigenvalue weighted by Gasteiger charge is 2.32. The zero-order valence-corrected chi connectivity index (χ0v) is 9.87. The minimum absolute atomic E-state index is 0.173. The van der Waals surface area contributed by atoms with Crippen molar-refractivity contribution in [3.05, 3.63) is 0 Å². The molecule has 0 aromatic carbocycles. The van der Waals surface area contributed by atoms with Crippen LogP contribution in [0.4, 0.5) is 0 Å². The lowest BCUT2D eigenvalue weighted by Gasteiger charge is -2.26. The van der Waals surface area contributed by atoms with Crippen molar-refractivity contribution in [1.29, 1.82) is 0 Å². The Labute approximate surface area is 97.3 Å². The van der Waals surface area contributed by atoms with Gasteiger partial charge in [-0.25, -0.2) is 0 Å². The van der Waals surface area contributed by atoms with Gasteiger partial charge < -0.3 is 16.4 Å². The zero-order valence-electron chi connectivity index (χ0n) is 9.87. The molecule has 0 unspecified atom stereocenters. The summed E-state index contributed by atoms with van der Waals surface area (Å²) in [6.07, 6.45) is 5.57. The molecular formula is C12H23N3O. The number of nitrogens with two attached hydrogens (primary N) is 1. The van der Waals surface area contributed by atoms with E-state index in [9.17, 15) is 4.79 Å². The van der Waals surface area contributed by atoms with Gasteiger partial charge in [0.15, 0.2) is 0 Å². The Bertz CT molecular complexity index is 238. The van der Waals surface area contributed by atoms with Gasteiger partial charge in [0.2, 0.25) is 5.91 Å². The fourth-order valence-electron chi connectivity index (χ4n) is 2.95. The molecule has 1 saturated carbocycles. The Morgan fingerprint density at radius 2 is 2.19 bits per heavy atom. The first kappa shape index (κ1) is 11.9. The summed E-state index contributed by atoms with van der Waals surface area (Å²) in [5.41, 5.74) is 5.70. The van der Waals surface area contributed by atoms with Crippen molar-refractivity contribution in [2.45, 2.75) is 38.1 Å². The van der Waals surface area contributed by atoms with E-state index >= 15 is 0 Å². The minimum atomic E-state index is 0.173. The molecule has 0 spiro atoms. The first-order chi connectivity index (χ1) is 7.81. The number of carbonyl (C=O) groups excluding carboxylic acids is 1. The first-order valence-electron chi connectivity index (χ1n) is 6.52. The van der Waals surface area contributed by atoms with Crippen LogP contribution >= 0.6 is 0 Å². The third kappa shape index (κ3) is 2.74. The molecule has 2 fully saturated rings. The largest absolute Gasteiger partial charge is 0.352 e. The summed E-state index contributed by atoms with van der Waals surface area (Å²) < 4.78 is 0. The Kier molecular flexibility index (Phi) is 4.18. The summed E-state index contributed by atoms with van der Waals surface area (Å²) >= 11 is 0. The van der Waals surface area contributed by atoms with E-state index in [2.05, 4.69) is 10.6 Å². The number of carbonyl (C=O) groups is 1. The lowest BCUT2D eigenvalue weighted by Crippen LogP contribution is -2.48. The van der Waals surface area contributed by atoms with Crippen LogP contribution in [0, 0.1) is 11.8 Å². The van der Waals surface area contributed by atoms with Crippen molar-refractivity contribution in [2.24, 2.45) is 17.6 Å². The van der Waals surface area contributed by atoms with Crippen LogP contribution in [0.5, 0.6) is 0 Å². The summed E-state index contributed by atoms with van der Waals surface area (Å²) in [5, 5.41) is 6.48. The highest BCUT2D eigenvalue weighted by Crippen LogP contribution is 2.31. The molecule has 0 radical (unpaired) electrons. The van der Waals surface area contributed by atoms with E-state index in [0.717, 1.165) is 45.2 Å². The lowest BCUT2D eigenvalue weighted by molar-refractivity contribution is -0.126. The van der Waals surface area contributed by atoms with Gasteiger partial charge >= 0.3 is 0 Å². The molecule has 92 valence electrons. The van der Waals surface area contributed by atoms with Gasteiger partial charge in [0.05, 0.1) is 0 Å². The lowest BCUT2D eigenvalue weighted by atomic mass is 9.94. The Hall–Kier alpha value is -0.610. The average Bonchev–Trinajstić information content (AvgIpc) is 2.78. The van der Waals surface area contributed by atoms with Crippen molar-refractivity contribution >= 4 is 5.91 Å². The molecule has 0 aromatic heterocycles. The minimum Gasteiger partial charge on any atom is -0.352 e. The molecule has 1 saturated heterocycles. The van der Waals surface area contributed by atoms with Gasteiger partial charge in [-0.1, -0.05) is 6.42 Å². The van der Waals surface area contributed by atoms with Crippen molar-refractivity contribution in [1.82, 2.24) is 10.6 Å². The number of rotatable bonds is 3. The van der Waals surface area contributed by atoms with Crippen LogP contribution in [0.15, 0.2) is 0 Å². The summed E-state index contributed by atoms with van der Waals surface area (Å²) in [6, 6.07) is 0.334. The maximum absolute atomic E-state index is 12.1. The zero-order chi connectivity index (χ0) is 11.4. The van der Waals surface area contributed by atoms with E-state index in [-0.39, 0.29) is 11.8 Å². The summed E-state index contributed by atoms with van der Waals surface area (Å²) in [4.78, 5) is 12.1. The maximum atomic E-state index is 12.1. The molecule has 1 heterocycles. The number of nitrogens with one attached hydrogen (secondary N) is 2. The summed E-state index contributed by atoms with van der Waals surface area (Å²) in [6.45, 7) is 2.66. The second kappa shape index (κ2) is 5.64. The molecule has 1 aliphatic heterocycles. The highest BCUT2D eigenvalue weighted by molar-refractivity contribution is 5.79. The number of amides is 1. The molecule has 1 aliphatic carbocycles. The number of hydrogen-bond acceptors (Lipinski definition) is 3.